The fourth-order valence-electron chi connectivity index (χ4n) is 3.31. The van der Waals surface area contributed by atoms with Gasteiger partial charge < -0.3 is 10.1 Å². The van der Waals surface area contributed by atoms with Crippen LogP contribution in [0.5, 0.6) is 0 Å². The highest BCUT2D eigenvalue weighted by molar-refractivity contribution is 6.35. The molecule has 7 heteroatoms. The number of carbonyl (C=O) groups is 1. The molecule has 3 aromatic rings. The highest BCUT2D eigenvalue weighted by Gasteiger charge is 2.25. The van der Waals surface area contributed by atoms with Gasteiger partial charge in [0.15, 0.2) is 0 Å². The SMILES string of the molecule is O=C(NC[C@@H]1OCCc2cn(Cc3ccccc3)nc21)c1cc(Cl)cc(Cl)c1. The Labute approximate surface area is 173 Å². The number of ether oxygens (including phenoxy) is 1. The Balaban J connectivity index is 1.45. The summed E-state index contributed by atoms with van der Waals surface area (Å²) in [5.74, 6) is -0.246. The molecular weight excluding hydrogens is 397 g/mol. The summed E-state index contributed by atoms with van der Waals surface area (Å²) in [6.07, 6.45) is 2.61. The maximum atomic E-state index is 12.4. The summed E-state index contributed by atoms with van der Waals surface area (Å²) < 4.78 is 7.79. The zero-order valence-corrected chi connectivity index (χ0v) is 16.6. The molecule has 0 spiro atoms. The lowest BCUT2D eigenvalue weighted by atomic mass is 10.1. The Hall–Kier alpha value is -2.34. The lowest BCUT2D eigenvalue weighted by molar-refractivity contribution is 0.0383. The average Bonchev–Trinajstić information content (AvgIpc) is 3.09. The molecule has 0 saturated carbocycles. The summed E-state index contributed by atoms with van der Waals surface area (Å²) >= 11 is 12.0. The van der Waals surface area contributed by atoms with E-state index in [9.17, 15) is 4.79 Å². The second-order valence-electron chi connectivity index (χ2n) is 6.70. The van der Waals surface area contributed by atoms with Crippen LogP contribution in [0.4, 0.5) is 0 Å². The molecule has 28 heavy (non-hydrogen) atoms. The fourth-order valence-corrected chi connectivity index (χ4v) is 3.84. The van der Waals surface area contributed by atoms with E-state index in [-0.39, 0.29) is 12.0 Å². The molecule has 1 N–H and O–H groups in total. The summed E-state index contributed by atoms with van der Waals surface area (Å²) in [4.78, 5) is 12.4. The predicted molar refractivity (Wildman–Crippen MR) is 109 cm³/mol. The molecule has 0 fully saturated rings. The van der Waals surface area contributed by atoms with E-state index >= 15 is 0 Å². The number of rotatable bonds is 5. The van der Waals surface area contributed by atoms with Gasteiger partial charge in [-0.15, -0.1) is 0 Å². The van der Waals surface area contributed by atoms with Crippen LogP contribution in [0.2, 0.25) is 10.0 Å². The molecule has 0 radical (unpaired) electrons. The number of amides is 1. The number of hydrogen-bond donors (Lipinski definition) is 1. The third-order valence-electron chi connectivity index (χ3n) is 4.63. The molecule has 0 bridgehead atoms. The Kier molecular flexibility index (Phi) is 5.67. The van der Waals surface area contributed by atoms with Crippen molar-refractivity contribution in [2.75, 3.05) is 13.2 Å². The largest absolute Gasteiger partial charge is 0.370 e. The van der Waals surface area contributed by atoms with Gasteiger partial charge in [-0.2, -0.15) is 5.10 Å². The molecule has 1 aliphatic rings. The van der Waals surface area contributed by atoms with Crippen LogP contribution < -0.4 is 5.32 Å². The number of halogens is 2. The topological polar surface area (TPSA) is 56.1 Å². The van der Waals surface area contributed by atoms with E-state index in [0.717, 1.165) is 17.7 Å². The number of aromatic nitrogens is 2. The average molecular weight is 416 g/mol. The van der Waals surface area contributed by atoms with Gasteiger partial charge in [0, 0.05) is 28.4 Å². The number of hydrogen-bond acceptors (Lipinski definition) is 3. The van der Waals surface area contributed by atoms with E-state index in [1.807, 2.05) is 22.9 Å². The summed E-state index contributed by atoms with van der Waals surface area (Å²) in [6, 6.07) is 14.9. The predicted octanol–water partition coefficient (Wildman–Crippen LogP) is 4.28. The molecule has 1 aliphatic heterocycles. The zero-order chi connectivity index (χ0) is 19.5. The van der Waals surface area contributed by atoms with E-state index in [2.05, 4.69) is 23.6 Å². The van der Waals surface area contributed by atoms with Crippen molar-refractivity contribution in [3.05, 3.63) is 87.2 Å². The highest BCUT2D eigenvalue weighted by atomic mass is 35.5. The Morgan fingerprint density at radius 1 is 1.18 bits per heavy atom. The molecule has 144 valence electrons. The van der Waals surface area contributed by atoms with Crippen molar-refractivity contribution in [1.29, 1.82) is 0 Å². The number of benzene rings is 2. The van der Waals surface area contributed by atoms with E-state index in [1.54, 1.807) is 18.2 Å². The van der Waals surface area contributed by atoms with Crippen LogP contribution in [0, 0.1) is 0 Å². The first-order valence-corrected chi connectivity index (χ1v) is 9.80. The van der Waals surface area contributed by atoms with Gasteiger partial charge in [0.25, 0.3) is 5.91 Å². The molecule has 1 aromatic heterocycles. The van der Waals surface area contributed by atoms with E-state index in [0.29, 0.717) is 35.3 Å². The zero-order valence-electron chi connectivity index (χ0n) is 15.1. The highest BCUT2D eigenvalue weighted by Crippen LogP contribution is 2.26. The maximum absolute atomic E-state index is 12.4. The van der Waals surface area contributed by atoms with E-state index in [4.69, 9.17) is 33.0 Å². The van der Waals surface area contributed by atoms with Crippen LogP contribution in [0.3, 0.4) is 0 Å². The van der Waals surface area contributed by atoms with Gasteiger partial charge in [-0.3, -0.25) is 9.48 Å². The Morgan fingerprint density at radius 3 is 2.68 bits per heavy atom. The monoisotopic (exact) mass is 415 g/mol. The number of carbonyl (C=O) groups excluding carboxylic acids is 1. The quantitative estimate of drug-likeness (QED) is 0.676. The Bertz CT molecular complexity index is 968. The first-order chi connectivity index (χ1) is 13.6. The minimum absolute atomic E-state index is 0.246. The maximum Gasteiger partial charge on any atom is 0.251 e. The molecule has 2 aromatic carbocycles. The van der Waals surface area contributed by atoms with Crippen molar-refractivity contribution in [3.63, 3.8) is 0 Å². The standard InChI is InChI=1S/C21H19Cl2N3O2/c22-17-8-16(9-18(23)10-17)21(27)24-11-19-20-15(6-7-28-19)13-26(25-20)12-14-4-2-1-3-5-14/h1-5,8-10,13,19H,6-7,11-12H2,(H,24,27)/t19-/m0/s1. The molecule has 2 heterocycles. The van der Waals surface area contributed by atoms with Gasteiger partial charge in [-0.1, -0.05) is 53.5 Å². The first-order valence-electron chi connectivity index (χ1n) is 9.04. The second kappa shape index (κ2) is 8.35. The van der Waals surface area contributed by atoms with Gasteiger partial charge in [-0.05, 0) is 35.7 Å². The minimum Gasteiger partial charge on any atom is -0.370 e. The van der Waals surface area contributed by atoms with Gasteiger partial charge >= 0.3 is 0 Å². The van der Waals surface area contributed by atoms with Crippen molar-refractivity contribution >= 4 is 29.1 Å². The summed E-state index contributed by atoms with van der Waals surface area (Å²) in [6.45, 7) is 1.64. The van der Waals surface area contributed by atoms with Crippen molar-refractivity contribution in [1.82, 2.24) is 15.1 Å². The number of nitrogens with one attached hydrogen (secondary N) is 1. The molecule has 0 aliphatic carbocycles. The minimum atomic E-state index is -0.278. The summed E-state index contributed by atoms with van der Waals surface area (Å²) in [5, 5.41) is 8.45. The lowest BCUT2D eigenvalue weighted by Gasteiger charge is -2.22. The molecule has 5 nitrogen and oxygen atoms in total. The molecular formula is C21H19Cl2N3O2. The molecule has 4 rings (SSSR count). The van der Waals surface area contributed by atoms with Crippen LogP contribution in [-0.2, 0) is 17.7 Å². The van der Waals surface area contributed by atoms with Crippen molar-refractivity contribution in [2.45, 2.75) is 19.1 Å². The summed E-state index contributed by atoms with van der Waals surface area (Å²) in [5.41, 5.74) is 3.65. The molecule has 0 saturated heterocycles. The van der Waals surface area contributed by atoms with Gasteiger partial charge in [-0.25, -0.2) is 0 Å². The van der Waals surface area contributed by atoms with Crippen LogP contribution in [-0.4, -0.2) is 28.8 Å². The van der Waals surface area contributed by atoms with Crippen molar-refractivity contribution < 1.29 is 9.53 Å². The second-order valence-corrected chi connectivity index (χ2v) is 7.57. The van der Waals surface area contributed by atoms with E-state index in [1.165, 1.54) is 5.56 Å². The third-order valence-corrected chi connectivity index (χ3v) is 5.06. The third kappa shape index (κ3) is 4.38. The molecule has 1 amide bonds. The van der Waals surface area contributed by atoms with Crippen molar-refractivity contribution in [2.24, 2.45) is 0 Å². The van der Waals surface area contributed by atoms with E-state index < -0.39 is 0 Å². The normalized spacial score (nSPS) is 15.9. The Morgan fingerprint density at radius 2 is 1.93 bits per heavy atom. The smallest absolute Gasteiger partial charge is 0.251 e. The molecule has 1 atom stereocenters. The number of fused-ring (bicyclic) bond motifs is 1. The van der Waals surface area contributed by atoms with Crippen LogP contribution in [0.1, 0.15) is 33.3 Å². The van der Waals surface area contributed by atoms with Crippen molar-refractivity contribution in [3.8, 4) is 0 Å². The fraction of sp³-hybridized carbons (Fsp3) is 0.238. The van der Waals surface area contributed by atoms with Crippen LogP contribution >= 0.6 is 23.2 Å². The van der Waals surface area contributed by atoms with Crippen LogP contribution in [0.15, 0.2) is 54.7 Å². The van der Waals surface area contributed by atoms with Gasteiger partial charge in [0.1, 0.15) is 6.10 Å². The van der Waals surface area contributed by atoms with Crippen LogP contribution in [0.25, 0.3) is 0 Å². The first kappa shape index (κ1) is 19.0. The van der Waals surface area contributed by atoms with Gasteiger partial charge in [0.2, 0.25) is 0 Å². The summed E-state index contributed by atoms with van der Waals surface area (Å²) in [7, 11) is 0. The van der Waals surface area contributed by atoms with Gasteiger partial charge in [0.05, 0.1) is 18.8 Å². The lowest BCUT2D eigenvalue weighted by Crippen LogP contribution is -2.32. The molecule has 0 unspecified atom stereocenters. The number of nitrogens with zero attached hydrogens (tertiary/aromatic N) is 2.